The monoisotopic (exact) mass is 323 g/mol. The van der Waals surface area contributed by atoms with Crippen LogP contribution in [0.3, 0.4) is 0 Å². The molecule has 24 heavy (non-hydrogen) atoms. The maximum absolute atomic E-state index is 12.5. The number of rotatable bonds is 3. The zero-order valence-electron chi connectivity index (χ0n) is 14.5. The predicted octanol–water partition coefficient (Wildman–Crippen LogP) is 2.16. The minimum atomic E-state index is 0.0670. The molecule has 5 heteroatoms. The summed E-state index contributed by atoms with van der Waals surface area (Å²) < 4.78 is 0. The number of nitrogens with zero attached hydrogens (tertiary/aromatic N) is 4. The van der Waals surface area contributed by atoms with Crippen LogP contribution in [0, 0.1) is 26.8 Å². The molecule has 1 aromatic heterocycles. The van der Waals surface area contributed by atoms with Crippen LogP contribution in [0.2, 0.25) is 0 Å². The molecule has 0 N–H and O–H groups in total. The molecule has 1 radical (unpaired) electrons. The van der Waals surface area contributed by atoms with E-state index in [1.807, 2.05) is 43.9 Å². The van der Waals surface area contributed by atoms with Gasteiger partial charge in [-0.3, -0.25) is 19.7 Å². The van der Waals surface area contributed by atoms with Gasteiger partial charge in [0, 0.05) is 38.3 Å². The fraction of sp³-hybridized carbons (Fsp3) is 0.421. The molecule has 3 rings (SSSR count). The van der Waals surface area contributed by atoms with Crippen LogP contribution >= 0.6 is 0 Å². The van der Waals surface area contributed by atoms with E-state index in [1.165, 1.54) is 0 Å². The highest BCUT2D eigenvalue weighted by Crippen LogP contribution is 2.13. The molecular weight excluding hydrogens is 300 g/mol. The highest BCUT2D eigenvalue weighted by Gasteiger charge is 2.23. The molecule has 0 saturated carbocycles. The van der Waals surface area contributed by atoms with Gasteiger partial charge in [0.25, 0.3) is 5.91 Å². The lowest BCUT2D eigenvalue weighted by molar-refractivity contribution is 0.0626. The molecule has 1 fully saturated rings. The molecular formula is C19H23N4O. The van der Waals surface area contributed by atoms with Crippen molar-refractivity contribution in [2.24, 2.45) is 0 Å². The van der Waals surface area contributed by atoms with E-state index in [1.54, 1.807) is 6.07 Å². The van der Waals surface area contributed by atoms with Crippen molar-refractivity contribution in [2.75, 3.05) is 26.2 Å². The molecule has 1 aromatic carbocycles. The van der Waals surface area contributed by atoms with E-state index in [0.29, 0.717) is 5.56 Å². The van der Waals surface area contributed by atoms with Crippen molar-refractivity contribution in [2.45, 2.75) is 27.3 Å². The van der Waals surface area contributed by atoms with Crippen molar-refractivity contribution in [3.63, 3.8) is 0 Å². The van der Waals surface area contributed by atoms with Gasteiger partial charge < -0.3 is 4.90 Å². The van der Waals surface area contributed by atoms with Crippen molar-refractivity contribution in [1.29, 1.82) is 0 Å². The SMILES string of the molecule is Cc1nc(C)c(CN2CCN(C(=O)c3[c]cccc3)CC2)nc1C. The number of aromatic nitrogens is 2. The number of benzene rings is 1. The van der Waals surface area contributed by atoms with Gasteiger partial charge in [0.15, 0.2) is 0 Å². The Labute approximate surface area is 143 Å². The number of aryl methyl sites for hydroxylation is 3. The Bertz CT molecular complexity index is 722. The first-order chi connectivity index (χ1) is 11.5. The van der Waals surface area contributed by atoms with E-state index in [4.69, 9.17) is 0 Å². The summed E-state index contributed by atoms with van der Waals surface area (Å²) in [6.45, 7) is 9.97. The largest absolute Gasteiger partial charge is 0.336 e. The minimum absolute atomic E-state index is 0.0670. The Morgan fingerprint density at radius 3 is 2.42 bits per heavy atom. The predicted molar refractivity (Wildman–Crippen MR) is 92.7 cm³/mol. The molecule has 0 aliphatic carbocycles. The van der Waals surface area contributed by atoms with E-state index < -0.39 is 0 Å². The van der Waals surface area contributed by atoms with Gasteiger partial charge in [0.05, 0.1) is 22.8 Å². The molecule has 0 atom stereocenters. The van der Waals surface area contributed by atoms with Gasteiger partial charge in [-0.1, -0.05) is 18.2 Å². The van der Waals surface area contributed by atoms with E-state index in [-0.39, 0.29) is 5.91 Å². The first kappa shape index (κ1) is 16.6. The van der Waals surface area contributed by atoms with Crippen molar-refractivity contribution in [3.05, 3.63) is 58.7 Å². The second-order valence-electron chi connectivity index (χ2n) is 6.27. The van der Waals surface area contributed by atoms with Crippen LogP contribution in [0.15, 0.2) is 24.3 Å². The molecule has 1 saturated heterocycles. The van der Waals surface area contributed by atoms with Crippen LogP contribution in [-0.2, 0) is 6.54 Å². The third-order valence-electron chi connectivity index (χ3n) is 4.55. The van der Waals surface area contributed by atoms with Gasteiger partial charge in [-0.05, 0) is 32.9 Å². The lowest BCUT2D eigenvalue weighted by Crippen LogP contribution is -2.48. The smallest absolute Gasteiger partial charge is 0.254 e. The molecule has 2 aromatic rings. The number of hydrogen-bond donors (Lipinski definition) is 0. The second kappa shape index (κ2) is 7.09. The first-order valence-electron chi connectivity index (χ1n) is 8.33. The van der Waals surface area contributed by atoms with Crippen LogP contribution in [0.4, 0.5) is 0 Å². The Morgan fingerprint density at radius 1 is 1.04 bits per heavy atom. The zero-order chi connectivity index (χ0) is 17.1. The normalized spacial score (nSPS) is 15.5. The Balaban J connectivity index is 1.60. The summed E-state index contributed by atoms with van der Waals surface area (Å²) >= 11 is 0. The molecule has 1 aliphatic heterocycles. The van der Waals surface area contributed by atoms with Crippen molar-refractivity contribution in [1.82, 2.24) is 19.8 Å². The third kappa shape index (κ3) is 3.62. The van der Waals surface area contributed by atoms with Crippen LogP contribution < -0.4 is 0 Å². The van der Waals surface area contributed by atoms with Gasteiger partial charge in [0.1, 0.15) is 0 Å². The quantitative estimate of drug-likeness (QED) is 0.868. The molecule has 1 aliphatic rings. The Hall–Kier alpha value is -2.27. The number of amides is 1. The average molecular weight is 323 g/mol. The van der Waals surface area contributed by atoms with Crippen LogP contribution in [-0.4, -0.2) is 51.9 Å². The lowest BCUT2D eigenvalue weighted by Gasteiger charge is -2.34. The first-order valence-corrected chi connectivity index (χ1v) is 8.33. The number of piperazine rings is 1. The molecule has 0 unspecified atom stereocenters. The standard InChI is InChI=1S/C19H23N4O/c1-14-15(2)21-18(16(3)20-14)13-22-9-11-23(12-10-22)19(24)17-7-5-4-6-8-17/h4-7H,9-13H2,1-3H3. The van der Waals surface area contributed by atoms with Gasteiger partial charge in [-0.25, -0.2) is 0 Å². The van der Waals surface area contributed by atoms with Crippen molar-refractivity contribution >= 4 is 5.91 Å². The fourth-order valence-electron chi connectivity index (χ4n) is 2.93. The van der Waals surface area contributed by atoms with Gasteiger partial charge in [0.2, 0.25) is 0 Å². The van der Waals surface area contributed by atoms with E-state index >= 15 is 0 Å². The van der Waals surface area contributed by atoms with Crippen LogP contribution in [0.5, 0.6) is 0 Å². The highest BCUT2D eigenvalue weighted by molar-refractivity contribution is 5.93. The Morgan fingerprint density at radius 2 is 1.75 bits per heavy atom. The minimum Gasteiger partial charge on any atom is -0.336 e. The van der Waals surface area contributed by atoms with E-state index in [2.05, 4.69) is 20.9 Å². The third-order valence-corrected chi connectivity index (χ3v) is 4.55. The van der Waals surface area contributed by atoms with Gasteiger partial charge >= 0.3 is 0 Å². The molecule has 0 bridgehead atoms. The highest BCUT2D eigenvalue weighted by atomic mass is 16.2. The maximum atomic E-state index is 12.5. The maximum Gasteiger partial charge on any atom is 0.254 e. The second-order valence-corrected chi connectivity index (χ2v) is 6.27. The molecule has 2 heterocycles. The van der Waals surface area contributed by atoms with Crippen molar-refractivity contribution in [3.8, 4) is 0 Å². The van der Waals surface area contributed by atoms with Crippen LogP contribution in [0.25, 0.3) is 0 Å². The fourth-order valence-corrected chi connectivity index (χ4v) is 2.93. The zero-order valence-corrected chi connectivity index (χ0v) is 14.5. The Kier molecular flexibility index (Phi) is 4.90. The number of hydrogen-bond acceptors (Lipinski definition) is 4. The van der Waals surface area contributed by atoms with Crippen LogP contribution in [0.1, 0.15) is 33.1 Å². The number of carbonyl (C=O) groups is 1. The summed E-state index contributed by atoms with van der Waals surface area (Å²) in [7, 11) is 0. The topological polar surface area (TPSA) is 49.3 Å². The molecule has 0 spiro atoms. The molecule has 125 valence electrons. The van der Waals surface area contributed by atoms with Gasteiger partial charge in [-0.15, -0.1) is 0 Å². The summed E-state index contributed by atoms with van der Waals surface area (Å²) in [5, 5.41) is 0. The summed E-state index contributed by atoms with van der Waals surface area (Å²) in [5.74, 6) is 0.0670. The summed E-state index contributed by atoms with van der Waals surface area (Å²) in [5.41, 5.74) is 4.65. The molecule has 5 nitrogen and oxygen atoms in total. The van der Waals surface area contributed by atoms with Gasteiger partial charge in [-0.2, -0.15) is 0 Å². The summed E-state index contributed by atoms with van der Waals surface area (Å²) in [6, 6.07) is 10.4. The average Bonchev–Trinajstić information content (AvgIpc) is 2.60. The lowest BCUT2D eigenvalue weighted by atomic mass is 10.1. The summed E-state index contributed by atoms with van der Waals surface area (Å²) in [6.07, 6.45) is 0. The number of carbonyl (C=O) groups excluding carboxylic acids is 1. The molecule has 1 amide bonds. The van der Waals surface area contributed by atoms with E-state index in [9.17, 15) is 4.79 Å². The van der Waals surface area contributed by atoms with E-state index in [0.717, 1.165) is 55.5 Å². The summed E-state index contributed by atoms with van der Waals surface area (Å²) in [4.78, 5) is 25.9. The van der Waals surface area contributed by atoms with Crippen molar-refractivity contribution < 1.29 is 4.79 Å².